The van der Waals surface area contributed by atoms with Crippen LogP contribution in [-0.2, 0) is 11.2 Å². The summed E-state index contributed by atoms with van der Waals surface area (Å²) in [5, 5.41) is 3.40. The van der Waals surface area contributed by atoms with E-state index < -0.39 is 5.82 Å². The van der Waals surface area contributed by atoms with E-state index in [1.54, 1.807) is 12.1 Å². The number of hydrogen-bond donors (Lipinski definition) is 1. The van der Waals surface area contributed by atoms with Crippen molar-refractivity contribution in [3.8, 4) is 5.75 Å². The van der Waals surface area contributed by atoms with E-state index in [0.717, 1.165) is 21.3 Å². The number of thiazole rings is 1. The Morgan fingerprint density at radius 3 is 2.88 bits per heavy atom. The molecule has 1 heterocycles. The summed E-state index contributed by atoms with van der Waals surface area (Å²) in [5.41, 5.74) is 2.75. The third-order valence-corrected chi connectivity index (χ3v) is 4.66. The number of methoxy groups -OCH3 is 1. The van der Waals surface area contributed by atoms with Gasteiger partial charge in [-0.25, -0.2) is 9.37 Å². The summed E-state index contributed by atoms with van der Waals surface area (Å²) in [5.74, 6) is -0.354. The molecule has 1 amide bonds. The number of amides is 1. The lowest BCUT2D eigenvalue weighted by Crippen LogP contribution is -2.12. The van der Waals surface area contributed by atoms with E-state index in [1.165, 1.54) is 24.5 Å². The number of carbonyl (C=O) groups excluding carboxylic acids is 1. The molecule has 24 heavy (non-hydrogen) atoms. The number of ether oxygens (including phenoxy) is 1. The number of anilines is 1. The second-order valence-corrected chi connectivity index (χ2v) is 6.49. The molecule has 0 radical (unpaired) electrons. The van der Waals surface area contributed by atoms with Gasteiger partial charge in [0.1, 0.15) is 0 Å². The highest BCUT2D eigenvalue weighted by molar-refractivity contribution is 7.22. The fourth-order valence-corrected chi connectivity index (χ4v) is 3.40. The van der Waals surface area contributed by atoms with Gasteiger partial charge in [0.25, 0.3) is 0 Å². The van der Waals surface area contributed by atoms with E-state index in [9.17, 15) is 9.18 Å². The van der Waals surface area contributed by atoms with Gasteiger partial charge >= 0.3 is 0 Å². The molecular weight excluding hydrogens is 327 g/mol. The van der Waals surface area contributed by atoms with Crippen LogP contribution in [0.4, 0.5) is 9.52 Å². The van der Waals surface area contributed by atoms with E-state index in [-0.39, 0.29) is 18.1 Å². The van der Waals surface area contributed by atoms with E-state index in [2.05, 4.69) is 10.3 Å². The lowest BCUT2D eigenvalue weighted by molar-refractivity contribution is -0.116. The number of aromatic nitrogens is 1. The molecule has 3 aromatic rings. The predicted molar refractivity (Wildman–Crippen MR) is 94.3 cm³/mol. The highest BCUT2D eigenvalue weighted by atomic mass is 32.1. The first kappa shape index (κ1) is 16.4. The number of aryl methyl sites for hydroxylation is 2. The van der Waals surface area contributed by atoms with Crippen molar-refractivity contribution in [3.05, 3.63) is 53.3 Å². The maximum Gasteiger partial charge on any atom is 0.226 e. The summed E-state index contributed by atoms with van der Waals surface area (Å²) in [6.07, 6.45) is 0.720. The van der Waals surface area contributed by atoms with Crippen LogP contribution in [0.5, 0.6) is 5.75 Å². The second kappa shape index (κ2) is 6.97. The molecule has 124 valence electrons. The van der Waals surface area contributed by atoms with Gasteiger partial charge in [0.15, 0.2) is 16.7 Å². The fourth-order valence-electron chi connectivity index (χ4n) is 2.44. The van der Waals surface area contributed by atoms with Crippen molar-refractivity contribution < 1.29 is 13.9 Å². The highest BCUT2D eigenvalue weighted by Gasteiger charge is 2.10. The van der Waals surface area contributed by atoms with Gasteiger partial charge in [0.05, 0.1) is 17.3 Å². The average Bonchev–Trinajstić information content (AvgIpc) is 2.97. The zero-order valence-corrected chi connectivity index (χ0v) is 14.2. The summed E-state index contributed by atoms with van der Waals surface area (Å²) in [6, 6.07) is 10.7. The van der Waals surface area contributed by atoms with Crippen molar-refractivity contribution >= 4 is 32.6 Å². The van der Waals surface area contributed by atoms with Gasteiger partial charge in [-0.05, 0) is 42.7 Å². The molecule has 1 aromatic heterocycles. The van der Waals surface area contributed by atoms with Crippen LogP contribution < -0.4 is 10.1 Å². The highest BCUT2D eigenvalue weighted by Crippen LogP contribution is 2.28. The third-order valence-electron chi connectivity index (χ3n) is 3.72. The first-order valence-electron chi connectivity index (χ1n) is 7.55. The van der Waals surface area contributed by atoms with Crippen LogP contribution in [0.15, 0.2) is 36.4 Å². The number of rotatable bonds is 5. The molecule has 0 aliphatic carbocycles. The lowest BCUT2D eigenvalue weighted by atomic mass is 10.1. The number of nitrogens with zero attached hydrogens (tertiary/aromatic N) is 1. The molecule has 0 atom stereocenters. The van der Waals surface area contributed by atoms with E-state index >= 15 is 0 Å². The molecule has 0 aliphatic rings. The minimum Gasteiger partial charge on any atom is -0.494 e. The molecule has 1 N–H and O–H groups in total. The Labute approximate surface area is 143 Å². The molecule has 0 unspecified atom stereocenters. The van der Waals surface area contributed by atoms with E-state index in [0.29, 0.717) is 11.6 Å². The maximum atomic E-state index is 13.6. The normalized spacial score (nSPS) is 10.8. The maximum absolute atomic E-state index is 13.6. The van der Waals surface area contributed by atoms with Crippen LogP contribution in [0.25, 0.3) is 10.2 Å². The predicted octanol–water partition coefficient (Wildman–Crippen LogP) is 4.32. The summed E-state index contributed by atoms with van der Waals surface area (Å²) in [6.45, 7) is 1.99. The third kappa shape index (κ3) is 3.54. The van der Waals surface area contributed by atoms with Gasteiger partial charge in [-0.2, -0.15) is 0 Å². The molecule has 0 saturated carbocycles. The molecule has 0 saturated heterocycles. The number of fused-ring (bicyclic) bond motifs is 1. The average molecular weight is 344 g/mol. The van der Waals surface area contributed by atoms with E-state index in [1.807, 2.05) is 25.1 Å². The van der Waals surface area contributed by atoms with E-state index in [4.69, 9.17) is 4.74 Å². The van der Waals surface area contributed by atoms with Crippen molar-refractivity contribution in [2.45, 2.75) is 19.8 Å². The summed E-state index contributed by atoms with van der Waals surface area (Å²) < 4.78 is 19.6. The number of benzene rings is 2. The first-order valence-corrected chi connectivity index (χ1v) is 8.37. The van der Waals surface area contributed by atoms with Gasteiger partial charge in [0, 0.05) is 6.42 Å². The van der Waals surface area contributed by atoms with Crippen molar-refractivity contribution in [1.82, 2.24) is 4.98 Å². The van der Waals surface area contributed by atoms with Crippen LogP contribution >= 0.6 is 11.3 Å². The summed E-state index contributed by atoms with van der Waals surface area (Å²) in [7, 11) is 1.42. The number of para-hydroxylation sites is 1. The van der Waals surface area contributed by atoms with Gasteiger partial charge < -0.3 is 10.1 Å². The molecule has 3 rings (SSSR count). The van der Waals surface area contributed by atoms with Crippen LogP contribution in [0, 0.1) is 12.7 Å². The molecule has 0 bridgehead atoms. The topological polar surface area (TPSA) is 51.2 Å². The Balaban J connectivity index is 1.62. The van der Waals surface area contributed by atoms with Crippen molar-refractivity contribution in [2.75, 3.05) is 12.4 Å². The zero-order valence-electron chi connectivity index (χ0n) is 13.4. The fraction of sp³-hybridized carbons (Fsp3) is 0.222. The molecule has 6 heteroatoms. The summed E-state index contributed by atoms with van der Waals surface area (Å²) >= 11 is 1.45. The molecule has 0 fully saturated rings. The van der Waals surface area contributed by atoms with Crippen molar-refractivity contribution in [2.24, 2.45) is 0 Å². The number of halogens is 1. The second-order valence-electron chi connectivity index (χ2n) is 5.46. The zero-order chi connectivity index (χ0) is 17.1. The quantitative estimate of drug-likeness (QED) is 0.750. The largest absolute Gasteiger partial charge is 0.494 e. The smallest absolute Gasteiger partial charge is 0.226 e. The van der Waals surface area contributed by atoms with Gasteiger partial charge in [-0.3, -0.25) is 4.79 Å². The van der Waals surface area contributed by atoms with Crippen LogP contribution in [0.1, 0.15) is 17.5 Å². The monoisotopic (exact) mass is 344 g/mol. The minimum atomic E-state index is -0.419. The van der Waals surface area contributed by atoms with Crippen LogP contribution in [0.2, 0.25) is 0 Å². The number of carbonyl (C=O) groups is 1. The molecule has 0 aliphatic heterocycles. The Kier molecular flexibility index (Phi) is 4.76. The Hall–Kier alpha value is -2.47. The molecule has 0 spiro atoms. The van der Waals surface area contributed by atoms with Gasteiger partial charge in [-0.15, -0.1) is 0 Å². The molecule has 4 nitrogen and oxygen atoms in total. The minimum absolute atomic E-state index is 0.136. The van der Waals surface area contributed by atoms with Gasteiger partial charge in [-0.1, -0.05) is 29.5 Å². The van der Waals surface area contributed by atoms with Crippen LogP contribution in [0.3, 0.4) is 0 Å². The first-order chi connectivity index (χ1) is 11.6. The SMILES string of the molecule is COc1ccc(CCC(=O)Nc2nc3c(C)cccc3s2)cc1F. The molecule has 2 aromatic carbocycles. The van der Waals surface area contributed by atoms with Crippen molar-refractivity contribution in [1.29, 1.82) is 0 Å². The summed E-state index contributed by atoms with van der Waals surface area (Å²) in [4.78, 5) is 16.5. The Morgan fingerprint density at radius 2 is 2.17 bits per heavy atom. The number of nitrogens with one attached hydrogen (secondary N) is 1. The lowest BCUT2D eigenvalue weighted by Gasteiger charge is -2.05. The standard InChI is InChI=1S/C18H17FN2O2S/c1-11-4-3-5-15-17(11)21-18(24-15)20-16(22)9-7-12-6-8-14(23-2)13(19)10-12/h3-6,8,10H,7,9H2,1-2H3,(H,20,21,22). The van der Waals surface area contributed by atoms with Gasteiger partial charge in [0.2, 0.25) is 5.91 Å². The molecular formula is C18H17FN2O2S. The van der Waals surface area contributed by atoms with Crippen molar-refractivity contribution in [3.63, 3.8) is 0 Å². The Morgan fingerprint density at radius 1 is 1.33 bits per heavy atom. The van der Waals surface area contributed by atoms with Crippen LogP contribution in [-0.4, -0.2) is 18.0 Å². The number of hydrogen-bond acceptors (Lipinski definition) is 4. The Bertz CT molecular complexity index is 892.